The average Bonchev–Trinajstić information content (AvgIpc) is 2.72. The highest BCUT2D eigenvalue weighted by Crippen LogP contribution is 2.24. The predicted octanol–water partition coefficient (Wildman–Crippen LogP) is 5.96. The molecule has 1 N–H and O–H groups in total. The molecule has 1 amide bonds. The van der Waals surface area contributed by atoms with Gasteiger partial charge in [-0.25, -0.2) is 9.59 Å². The number of rotatable bonds is 6. The fraction of sp³-hybridized carbons (Fsp3) is 0.346. The summed E-state index contributed by atoms with van der Waals surface area (Å²) in [7, 11) is 0. The van der Waals surface area contributed by atoms with Gasteiger partial charge in [-0.05, 0) is 62.9 Å². The molecular formula is C26H28ClNO6. The van der Waals surface area contributed by atoms with E-state index >= 15 is 0 Å². The number of carbonyl (C=O) groups is 2. The Hall–Kier alpha value is -3.32. The molecule has 1 atom stereocenters. The van der Waals surface area contributed by atoms with E-state index in [0.29, 0.717) is 28.0 Å². The largest absolute Gasteiger partial charge is 0.463 e. The molecule has 0 saturated heterocycles. The number of amides is 1. The summed E-state index contributed by atoms with van der Waals surface area (Å²) in [5.74, 6) is -0.327. The van der Waals surface area contributed by atoms with Gasteiger partial charge in [-0.2, -0.15) is 0 Å². The number of esters is 1. The fourth-order valence-corrected chi connectivity index (χ4v) is 3.45. The highest BCUT2D eigenvalue weighted by atomic mass is 35.5. The van der Waals surface area contributed by atoms with Crippen molar-refractivity contribution >= 4 is 34.6 Å². The second-order valence-electron chi connectivity index (χ2n) is 9.39. The van der Waals surface area contributed by atoms with Crippen LogP contribution < -0.4 is 15.5 Å². The first-order valence-corrected chi connectivity index (χ1v) is 11.3. The maximum atomic E-state index is 13.0. The number of nitrogens with one attached hydrogen (secondary N) is 1. The van der Waals surface area contributed by atoms with Gasteiger partial charge in [0.15, 0.2) is 5.43 Å². The minimum Gasteiger partial charge on any atom is -0.463 e. The number of benzene rings is 2. The van der Waals surface area contributed by atoms with Crippen LogP contribution in [0.4, 0.5) is 4.79 Å². The molecule has 0 aliphatic rings. The minimum absolute atomic E-state index is 0.119. The first-order chi connectivity index (χ1) is 15.9. The van der Waals surface area contributed by atoms with Gasteiger partial charge in [0, 0.05) is 11.1 Å². The molecule has 8 heteroatoms. The lowest BCUT2D eigenvalue weighted by Gasteiger charge is -2.23. The smallest absolute Gasteiger partial charge is 0.408 e. The minimum atomic E-state index is -0.898. The van der Waals surface area contributed by atoms with E-state index in [2.05, 4.69) is 5.32 Å². The predicted molar refractivity (Wildman–Crippen MR) is 131 cm³/mol. The summed E-state index contributed by atoms with van der Waals surface area (Å²) in [6.07, 6.45) is 1.03. The third-order valence-corrected chi connectivity index (χ3v) is 5.05. The summed E-state index contributed by atoms with van der Waals surface area (Å²) >= 11 is 5.93. The Morgan fingerprint density at radius 2 is 1.76 bits per heavy atom. The molecule has 3 aromatic rings. The highest BCUT2D eigenvalue weighted by molar-refractivity contribution is 6.30. The van der Waals surface area contributed by atoms with Crippen molar-refractivity contribution in [3.63, 3.8) is 0 Å². The molecule has 0 aliphatic carbocycles. The van der Waals surface area contributed by atoms with Gasteiger partial charge in [0.1, 0.15) is 29.2 Å². The van der Waals surface area contributed by atoms with Crippen LogP contribution in [-0.4, -0.2) is 23.7 Å². The zero-order valence-corrected chi connectivity index (χ0v) is 20.6. The summed E-state index contributed by atoms with van der Waals surface area (Å²) < 4.78 is 16.4. The Morgan fingerprint density at radius 1 is 1.09 bits per heavy atom. The van der Waals surface area contributed by atoms with Crippen LogP contribution in [0.5, 0.6) is 5.75 Å². The molecule has 0 spiro atoms. The van der Waals surface area contributed by atoms with Gasteiger partial charge in [0.05, 0.1) is 10.9 Å². The number of fused-ring (bicyclic) bond motifs is 1. The van der Waals surface area contributed by atoms with Crippen molar-refractivity contribution < 1.29 is 23.5 Å². The number of hydrogen-bond donors (Lipinski definition) is 1. The van der Waals surface area contributed by atoms with Crippen LogP contribution in [0.2, 0.25) is 5.02 Å². The van der Waals surface area contributed by atoms with Gasteiger partial charge in [-0.1, -0.05) is 37.6 Å². The lowest BCUT2D eigenvalue weighted by molar-refractivity contribution is -0.137. The molecular weight excluding hydrogens is 458 g/mol. The summed E-state index contributed by atoms with van der Waals surface area (Å²) in [4.78, 5) is 38.0. The van der Waals surface area contributed by atoms with Crippen molar-refractivity contribution in [2.75, 3.05) is 0 Å². The van der Waals surface area contributed by atoms with E-state index in [4.69, 9.17) is 25.5 Å². The monoisotopic (exact) mass is 485 g/mol. The Labute approximate surface area is 203 Å². The van der Waals surface area contributed by atoms with Crippen molar-refractivity contribution in [1.82, 2.24) is 5.32 Å². The topological polar surface area (TPSA) is 94.8 Å². The molecule has 180 valence electrons. The Balaban J connectivity index is 1.81. The van der Waals surface area contributed by atoms with Crippen molar-refractivity contribution in [2.45, 2.75) is 52.7 Å². The number of ether oxygens (including phenoxy) is 2. The van der Waals surface area contributed by atoms with E-state index in [-0.39, 0.29) is 22.7 Å². The van der Waals surface area contributed by atoms with Crippen LogP contribution in [0.15, 0.2) is 57.9 Å². The summed E-state index contributed by atoms with van der Waals surface area (Å²) in [6, 6.07) is 10.5. The fourth-order valence-electron chi connectivity index (χ4n) is 3.32. The van der Waals surface area contributed by atoms with Gasteiger partial charge in [-0.3, -0.25) is 4.79 Å². The molecule has 0 bridgehead atoms. The molecule has 34 heavy (non-hydrogen) atoms. The average molecular weight is 486 g/mol. The molecule has 1 heterocycles. The molecule has 2 aromatic carbocycles. The molecule has 0 aliphatic heterocycles. The second kappa shape index (κ2) is 10.3. The molecule has 0 fully saturated rings. The van der Waals surface area contributed by atoms with E-state index in [9.17, 15) is 14.4 Å². The van der Waals surface area contributed by atoms with Gasteiger partial charge >= 0.3 is 12.1 Å². The van der Waals surface area contributed by atoms with Crippen molar-refractivity contribution in [1.29, 1.82) is 0 Å². The van der Waals surface area contributed by atoms with E-state index < -0.39 is 23.7 Å². The van der Waals surface area contributed by atoms with Gasteiger partial charge in [-0.15, -0.1) is 0 Å². The maximum Gasteiger partial charge on any atom is 0.408 e. The van der Waals surface area contributed by atoms with Crippen LogP contribution >= 0.6 is 11.6 Å². The number of halogens is 1. The zero-order chi connectivity index (χ0) is 25.0. The van der Waals surface area contributed by atoms with Gasteiger partial charge in [0.2, 0.25) is 0 Å². The molecule has 1 aromatic heterocycles. The Bertz CT molecular complexity index is 1240. The van der Waals surface area contributed by atoms with E-state index in [1.165, 1.54) is 18.4 Å². The third-order valence-electron chi connectivity index (χ3n) is 4.80. The van der Waals surface area contributed by atoms with Crippen LogP contribution in [0.1, 0.15) is 41.0 Å². The van der Waals surface area contributed by atoms with Crippen LogP contribution in [0, 0.1) is 5.92 Å². The van der Waals surface area contributed by atoms with Crippen LogP contribution in [-0.2, 0) is 9.53 Å². The summed E-state index contributed by atoms with van der Waals surface area (Å²) in [5.41, 5.74) is 0.434. The van der Waals surface area contributed by atoms with E-state index in [1.54, 1.807) is 51.1 Å². The van der Waals surface area contributed by atoms with Gasteiger partial charge in [0.25, 0.3) is 0 Å². The van der Waals surface area contributed by atoms with E-state index in [1.807, 2.05) is 13.8 Å². The second-order valence-corrected chi connectivity index (χ2v) is 9.83. The zero-order valence-electron chi connectivity index (χ0n) is 19.8. The molecule has 1 unspecified atom stereocenters. The number of carbonyl (C=O) groups excluding carboxylic acids is 2. The van der Waals surface area contributed by atoms with Crippen molar-refractivity contribution in [3.05, 3.63) is 64.0 Å². The maximum absolute atomic E-state index is 13.0. The Kier molecular flexibility index (Phi) is 7.67. The van der Waals surface area contributed by atoms with Crippen LogP contribution in [0.25, 0.3) is 22.1 Å². The SMILES string of the molecule is CC(C)CC(NC(=O)OC(C)(C)C)C(=O)Oc1ccc2c(=O)c(-c3ccc(Cl)cc3)coc2c1. The molecule has 7 nitrogen and oxygen atoms in total. The molecule has 0 radical (unpaired) electrons. The van der Waals surface area contributed by atoms with Crippen molar-refractivity contribution in [3.8, 4) is 16.9 Å². The Morgan fingerprint density at radius 3 is 2.38 bits per heavy atom. The van der Waals surface area contributed by atoms with Crippen molar-refractivity contribution in [2.24, 2.45) is 5.92 Å². The standard InChI is InChI=1S/C26H28ClNO6/c1-15(2)12-21(28-25(31)34-26(3,4)5)24(30)33-18-10-11-19-22(13-18)32-14-20(23(19)29)16-6-8-17(27)9-7-16/h6-11,13-15,21H,12H2,1-5H3,(H,28,31). The van der Waals surface area contributed by atoms with Crippen LogP contribution in [0.3, 0.4) is 0 Å². The normalized spacial score (nSPS) is 12.4. The molecule has 0 saturated carbocycles. The molecule has 3 rings (SSSR count). The van der Waals surface area contributed by atoms with Gasteiger partial charge < -0.3 is 19.2 Å². The first-order valence-electron chi connectivity index (χ1n) is 11.0. The number of hydrogen-bond acceptors (Lipinski definition) is 6. The quantitative estimate of drug-likeness (QED) is 0.342. The lowest BCUT2D eigenvalue weighted by Crippen LogP contribution is -2.45. The highest BCUT2D eigenvalue weighted by Gasteiger charge is 2.27. The summed E-state index contributed by atoms with van der Waals surface area (Å²) in [5, 5.41) is 3.49. The third kappa shape index (κ3) is 6.60. The summed E-state index contributed by atoms with van der Waals surface area (Å²) in [6.45, 7) is 9.08. The lowest BCUT2D eigenvalue weighted by atomic mass is 10.0. The van der Waals surface area contributed by atoms with E-state index in [0.717, 1.165) is 0 Å². The number of alkyl carbamates (subject to hydrolysis) is 1. The first kappa shape index (κ1) is 25.3.